The molecule has 3 aromatic carbocycles. The van der Waals surface area contributed by atoms with E-state index < -0.39 is 0 Å². The summed E-state index contributed by atoms with van der Waals surface area (Å²) in [4.78, 5) is 11.9. The van der Waals surface area contributed by atoms with Gasteiger partial charge in [-0.1, -0.05) is 59.6 Å². The van der Waals surface area contributed by atoms with Gasteiger partial charge in [0.15, 0.2) is 6.61 Å². The lowest BCUT2D eigenvalue weighted by atomic mass is 10.0. The van der Waals surface area contributed by atoms with Crippen molar-refractivity contribution in [2.45, 2.75) is 6.92 Å². The van der Waals surface area contributed by atoms with Gasteiger partial charge in [-0.15, -0.1) is 0 Å². The SMILES string of the molecule is C/C(=N\NC(=O)COc1ccc(Cl)cc1Cl)c1ccc2ccccc2c1. The first-order valence-corrected chi connectivity index (χ1v) is 8.69. The number of hydrazone groups is 1. The van der Waals surface area contributed by atoms with Crippen molar-refractivity contribution < 1.29 is 9.53 Å². The average Bonchev–Trinajstić information content (AvgIpc) is 2.65. The molecule has 0 atom stereocenters. The van der Waals surface area contributed by atoms with Gasteiger partial charge in [0, 0.05) is 5.02 Å². The van der Waals surface area contributed by atoms with Crippen molar-refractivity contribution in [3.05, 3.63) is 76.3 Å². The third-order valence-electron chi connectivity index (χ3n) is 3.77. The molecular weight excluding hydrogens is 371 g/mol. The summed E-state index contributed by atoms with van der Waals surface area (Å²) in [6, 6.07) is 18.9. The highest BCUT2D eigenvalue weighted by Gasteiger charge is 2.07. The van der Waals surface area contributed by atoms with E-state index in [1.165, 1.54) is 0 Å². The van der Waals surface area contributed by atoms with Gasteiger partial charge in [-0.05, 0) is 47.5 Å². The predicted octanol–water partition coefficient (Wildman–Crippen LogP) is 5.07. The minimum atomic E-state index is -0.379. The Morgan fingerprint density at radius 1 is 1.04 bits per heavy atom. The van der Waals surface area contributed by atoms with Crippen LogP contribution in [0.2, 0.25) is 10.0 Å². The first kappa shape index (κ1) is 18.2. The van der Waals surface area contributed by atoms with Crippen LogP contribution in [0.5, 0.6) is 5.75 Å². The summed E-state index contributed by atoms with van der Waals surface area (Å²) >= 11 is 11.8. The number of nitrogens with one attached hydrogen (secondary N) is 1. The molecule has 0 heterocycles. The molecule has 0 saturated heterocycles. The topological polar surface area (TPSA) is 50.7 Å². The molecule has 0 aliphatic carbocycles. The molecular formula is C20H16Cl2N2O2. The van der Waals surface area contributed by atoms with Gasteiger partial charge in [0.25, 0.3) is 5.91 Å². The van der Waals surface area contributed by atoms with E-state index in [2.05, 4.69) is 10.5 Å². The Balaban J connectivity index is 1.61. The molecule has 0 saturated carbocycles. The van der Waals surface area contributed by atoms with Gasteiger partial charge in [0.2, 0.25) is 0 Å². The van der Waals surface area contributed by atoms with Crippen molar-refractivity contribution in [3.8, 4) is 5.75 Å². The zero-order valence-electron chi connectivity index (χ0n) is 14.0. The molecule has 0 fully saturated rings. The third-order valence-corrected chi connectivity index (χ3v) is 4.30. The minimum Gasteiger partial charge on any atom is -0.482 e. The molecule has 0 aromatic heterocycles. The van der Waals surface area contributed by atoms with Gasteiger partial charge in [0.1, 0.15) is 5.75 Å². The lowest BCUT2D eigenvalue weighted by Crippen LogP contribution is -2.25. The number of halogens is 2. The average molecular weight is 387 g/mol. The van der Waals surface area contributed by atoms with E-state index in [4.69, 9.17) is 27.9 Å². The molecule has 0 radical (unpaired) electrons. The number of nitrogens with zero attached hydrogens (tertiary/aromatic N) is 1. The van der Waals surface area contributed by atoms with E-state index in [-0.39, 0.29) is 12.5 Å². The van der Waals surface area contributed by atoms with Crippen LogP contribution in [-0.4, -0.2) is 18.2 Å². The number of fused-ring (bicyclic) bond motifs is 1. The molecule has 132 valence electrons. The van der Waals surface area contributed by atoms with E-state index in [0.717, 1.165) is 16.3 Å². The molecule has 0 aliphatic rings. The largest absolute Gasteiger partial charge is 0.482 e. The van der Waals surface area contributed by atoms with E-state index in [9.17, 15) is 4.79 Å². The molecule has 1 amide bonds. The minimum absolute atomic E-state index is 0.199. The molecule has 6 heteroatoms. The van der Waals surface area contributed by atoms with Gasteiger partial charge < -0.3 is 4.74 Å². The Morgan fingerprint density at radius 3 is 2.58 bits per heavy atom. The second kappa shape index (κ2) is 8.21. The van der Waals surface area contributed by atoms with Gasteiger partial charge in [0.05, 0.1) is 10.7 Å². The predicted molar refractivity (Wildman–Crippen MR) is 106 cm³/mol. The standard InChI is InChI=1S/C20H16Cl2N2O2/c1-13(15-7-6-14-4-2-3-5-16(14)10-15)23-24-20(25)12-26-19-9-8-17(21)11-18(19)22/h2-11H,12H2,1H3,(H,24,25)/b23-13+. The summed E-state index contributed by atoms with van der Waals surface area (Å²) in [7, 11) is 0. The van der Waals surface area contributed by atoms with E-state index in [1.54, 1.807) is 18.2 Å². The van der Waals surface area contributed by atoms with Crippen LogP contribution < -0.4 is 10.2 Å². The van der Waals surface area contributed by atoms with Crippen molar-refractivity contribution in [1.29, 1.82) is 0 Å². The van der Waals surface area contributed by atoms with Gasteiger partial charge >= 0.3 is 0 Å². The summed E-state index contributed by atoms with van der Waals surface area (Å²) < 4.78 is 5.38. The maximum absolute atomic E-state index is 11.9. The van der Waals surface area contributed by atoms with Crippen LogP contribution in [0, 0.1) is 0 Å². The van der Waals surface area contributed by atoms with E-state index in [0.29, 0.717) is 21.5 Å². The van der Waals surface area contributed by atoms with E-state index >= 15 is 0 Å². The number of hydrogen-bond donors (Lipinski definition) is 1. The maximum atomic E-state index is 11.9. The second-order valence-electron chi connectivity index (χ2n) is 5.66. The smallest absolute Gasteiger partial charge is 0.277 e. The zero-order valence-corrected chi connectivity index (χ0v) is 15.5. The number of carbonyl (C=O) groups is 1. The van der Waals surface area contributed by atoms with Crippen LogP contribution in [0.3, 0.4) is 0 Å². The fraction of sp³-hybridized carbons (Fsp3) is 0.100. The molecule has 0 aliphatic heterocycles. The van der Waals surface area contributed by atoms with Gasteiger partial charge in [-0.3, -0.25) is 4.79 Å². The number of ether oxygens (including phenoxy) is 1. The van der Waals surface area contributed by atoms with Crippen molar-refractivity contribution >= 4 is 45.6 Å². The van der Waals surface area contributed by atoms with Gasteiger partial charge in [-0.2, -0.15) is 5.10 Å². The normalized spacial score (nSPS) is 11.4. The molecule has 3 rings (SSSR count). The van der Waals surface area contributed by atoms with Crippen LogP contribution in [0.25, 0.3) is 10.8 Å². The molecule has 0 bridgehead atoms. The van der Waals surface area contributed by atoms with Crippen molar-refractivity contribution in [2.75, 3.05) is 6.61 Å². The second-order valence-corrected chi connectivity index (χ2v) is 6.50. The van der Waals surface area contributed by atoms with E-state index in [1.807, 2.05) is 49.4 Å². The number of amides is 1. The highest BCUT2D eigenvalue weighted by Crippen LogP contribution is 2.27. The monoisotopic (exact) mass is 386 g/mol. The summed E-state index contributed by atoms with van der Waals surface area (Å²) in [5.41, 5.74) is 4.12. The van der Waals surface area contributed by atoms with Crippen molar-refractivity contribution in [3.63, 3.8) is 0 Å². The van der Waals surface area contributed by atoms with Crippen LogP contribution in [0.4, 0.5) is 0 Å². The van der Waals surface area contributed by atoms with Gasteiger partial charge in [-0.25, -0.2) is 5.43 Å². The summed E-state index contributed by atoms with van der Waals surface area (Å²) in [6.07, 6.45) is 0. The summed E-state index contributed by atoms with van der Waals surface area (Å²) in [5.74, 6) is 0.0117. The number of carbonyl (C=O) groups excluding carboxylic acids is 1. The fourth-order valence-electron chi connectivity index (χ4n) is 2.39. The Labute approximate surface area is 161 Å². The molecule has 4 nitrogen and oxygen atoms in total. The Kier molecular flexibility index (Phi) is 5.76. The summed E-state index contributed by atoms with van der Waals surface area (Å²) in [5, 5.41) is 7.25. The lowest BCUT2D eigenvalue weighted by molar-refractivity contribution is -0.123. The lowest BCUT2D eigenvalue weighted by Gasteiger charge is -2.08. The molecule has 26 heavy (non-hydrogen) atoms. The van der Waals surface area contributed by atoms with Crippen LogP contribution in [0.15, 0.2) is 65.8 Å². The Morgan fingerprint density at radius 2 is 1.81 bits per heavy atom. The number of rotatable bonds is 5. The molecule has 0 spiro atoms. The van der Waals surface area contributed by atoms with Crippen LogP contribution >= 0.6 is 23.2 Å². The number of hydrogen-bond acceptors (Lipinski definition) is 3. The van der Waals surface area contributed by atoms with Crippen LogP contribution in [-0.2, 0) is 4.79 Å². The molecule has 3 aromatic rings. The quantitative estimate of drug-likeness (QED) is 0.491. The third kappa shape index (κ3) is 4.54. The highest BCUT2D eigenvalue weighted by atomic mass is 35.5. The van der Waals surface area contributed by atoms with Crippen molar-refractivity contribution in [2.24, 2.45) is 5.10 Å². The zero-order chi connectivity index (χ0) is 18.5. The first-order valence-electron chi connectivity index (χ1n) is 7.93. The maximum Gasteiger partial charge on any atom is 0.277 e. The fourth-order valence-corrected chi connectivity index (χ4v) is 2.86. The van der Waals surface area contributed by atoms with Crippen molar-refractivity contribution in [1.82, 2.24) is 5.43 Å². The first-order chi connectivity index (χ1) is 12.5. The highest BCUT2D eigenvalue weighted by molar-refractivity contribution is 6.35. The molecule has 0 unspecified atom stereocenters. The summed E-state index contributed by atoms with van der Waals surface area (Å²) in [6.45, 7) is 1.64. The Bertz CT molecular complexity index is 986. The van der Waals surface area contributed by atoms with Crippen LogP contribution in [0.1, 0.15) is 12.5 Å². The molecule has 1 N–H and O–H groups in total. The Hall–Kier alpha value is -2.56. The number of benzene rings is 3.